The first-order chi connectivity index (χ1) is 5.61. The average molecular weight is 250 g/mol. The van der Waals surface area contributed by atoms with Gasteiger partial charge in [0.2, 0.25) is 0 Å². The fourth-order valence-electron chi connectivity index (χ4n) is 0.646. The largest absolute Gasteiger partial charge is 0.502 e. The van der Waals surface area contributed by atoms with Crippen LogP contribution >= 0.6 is 27.3 Å². The van der Waals surface area contributed by atoms with Gasteiger partial charge in [-0.3, -0.25) is 10.1 Å². The highest BCUT2D eigenvalue weighted by Gasteiger charge is 2.08. The van der Waals surface area contributed by atoms with E-state index in [-0.39, 0.29) is 5.76 Å². The zero-order valence-corrected chi connectivity index (χ0v) is 8.13. The van der Waals surface area contributed by atoms with Gasteiger partial charge in [-0.1, -0.05) is 0 Å². The minimum atomic E-state index is -0.695. The molecular weight excluding hydrogens is 246 g/mol. The van der Waals surface area contributed by atoms with Crippen LogP contribution in [-0.2, 0) is 0 Å². The van der Waals surface area contributed by atoms with Gasteiger partial charge in [-0.05, 0) is 27.4 Å². The number of hydrogen-bond acceptors (Lipinski definition) is 4. The van der Waals surface area contributed by atoms with Crippen LogP contribution in [0.2, 0.25) is 0 Å². The quantitative estimate of drug-likeness (QED) is 0.498. The van der Waals surface area contributed by atoms with Gasteiger partial charge in [-0.25, -0.2) is 0 Å². The highest BCUT2D eigenvalue weighted by Crippen LogP contribution is 2.27. The Morgan fingerprint density at radius 3 is 2.92 bits per heavy atom. The van der Waals surface area contributed by atoms with E-state index in [4.69, 9.17) is 5.11 Å². The zero-order valence-electron chi connectivity index (χ0n) is 5.73. The molecule has 64 valence electrons. The van der Waals surface area contributed by atoms with Crippen molar-refractivity contribution in [1.29, 1.82) is 0 Å². The van der Waals surface area contributed by atoms with Crippen molar-refractivity contribution in [2.75, 3.05) is 0 Å². The van der Waals surface area contributed by atoms with Gasteiger partial charge in [0.15, 0.2) is 5.76 Å². The number of thiophene rings is 1. The van der Waals surface area contributed by atoms with Crippen LogP contribution in [-0.4, -0.2) is 10.0 Å². The molecule has 6 heteroatoms. The van der Waals surface area contributed by atoms with Gasteiger partial charge in [0.1, 0.15) is 0 Å². The van der Waals surface area contributed by atoms with Crippen LogP contribution in [0.15, 0.2) is 21.4 Å². The van der Waals surface area contributed by atoms with Crippen molar-refractivity contribution >= 4 is 33.0 Å². The number of aliphatic hydroxyl groups is 1. The third kappa shape index (κ3) is 2.05. The van der Waals surface area contributed by atoms with Crippen molar-refractivity contribution in [1.82, 2.24) is 0 Å². The maximum atomic E-state index is 9.97. The molecule has 0 fully saturated rings. The van der Waals surface area contributed by atoms with Gasteiger partial charge >= 0.3 is 0 Å². The minimum absolute atomic E-state index is 0.340. The Hall–Kier alpha value is -0.880. The van der Waals surface area contributed by atoms with E-state index in [9.17, 15) is 10.1 Å². The van der Waals surface area contributed by atoms with Crippen LogP contribution in [0.25, 0.3) is 5.76 Å². The van der Waals surface area contributed by atoms with E-state index in [1.165, 1.54) is 11.3 Å². The van der Waals surface area contributed by atoms with Crippen LogP contribution in [0.3, 0.4) is 0 Å². The first-order valence-electron chi connectivity index (χ1n) is 2.89. The fraction of sp³-hybridized carbons (Fsp3) is 0. The lowest BCUT2D eigenvalue weighted by molar-refractivity contribution is -0.402. The summed E-state index contributed by atoms with van der Waals surface area (Å²) in [5.74, 6) is -0.340. The van der Waals surface area contributed by atoms with Crippen molar-refractivity contribution < 1.29 is 10.0 Å². The first kappa shape index (κ1) is 9.21. The molecule has 0 aliphatic heterocycles. The van der Waals surface area contributed by atoms with Gasteiger partial charge < -0.3 is 5.11 Å². The molecule has 0 amide bonds. The number of nitro groups is 1. The molecule has 0 bridgehead atoms. The Morgan fingerprint density at radius 2 is 2.50 bits per heavy atom. The SMILES string of the molecule is O=[N+]([O-])/C=C(\O)c1ccsc1Br. The third-order valence-electron chi connectivity index (χ3n) is 1.12. The van der Waals surface area contributed by atoms with E-state index in [1.54, 1.807) is 11.4 Å². The van der Waals surface area contributed by atoms with E-state index in [0.717, 1.165) is 0 Å². The van der Waals surface area contributed by atoms with Gasteiger partial charge in [-0.15, -0.1) is 11.3 Å². The standard InChI is InChI=1S/C6H4BrNO3S/c7-6-4(1-2-12-6)5(9)3-8(10)11/h1-3,9H/b5-3-. The van der Waals surface area contributed by atoms with Gasteiger partial charge in [0.05, 0.1) is 8.71 Å². The van der Waals surface area contributed by atoms with Crippen LogP contribution in [0, 0.1) is 10.1 Å². The Kier molecular flexibility index (Phi) is 2.83. The van der Waals surface area contributed by atoms with E-state index >= 15 is 0 Å². The second-order valence-electron chi connectivity index (χ2n) is 1.91. The summed E-state index contributed by atoms with van der Waals surface area (Å²) in [6.45, 7) is 0. The summed E-state index contributed by atoms with van der Waals surface area (Å²) in [6.07, 6.45) is 0.562. The molecule has 1 N–H and O–H groups in total. The Bertz CT molecular complexity index is 333. The van der Waals surface area contributed by atoms with Crippen LogP contribution < -0.4 is 0 Å². The monoisotopic (exact) mass is 249 g/mol. The topological polar surface area (TPSA) is 63.4 Å². The summed E-state index contributed by atoms with van der Waals surface area (Å²) < 4.78 is 0.679. The molecule has 0 atom stereocenters. The van der Waals surface area contributed by atoms with Gasteiger partial charge in [0, 0.05) is 5.56 Å². The molecule has 0 aliphatic carbocycles. The van der Waals surface area contributed by atoms with Crippen molar-refractivity contribution in [3.05, 3.63) is 37.1 Å². The first-order valence-corrected chi connectivity index (χ1v) is 4.56. The molecule has 1 aromatic rings. The highest BCUT2D eigenvalue weighted by atomic mass is 79.9. The van der Waals surface area contributed by atoms with Gasteiger partial charge in [0.25, 0.3) is 6.20 Å². The summed E-state index contributed by atoms with van der Waals surface area (Å²) >= 11 is 4.50. The predicted molar refractivity (Wildman–Crippen MR) is 49.6 cm³/mol. The lowest BCUT2D eigenvalue weighted by atomic mass is 10.3. The molecule has 1 heterocycles. The Morgan fingerprint density at radius 1 is 1.83 bits per heavy atom. The molecule has 12 heavy (non-hydrogen) atoms. The molecule has 0 saturated carbocycles. The number of nitrogens with zero attached hydrogens (tertiary/aromatic N) is 1. The van der Waals surface area contributed by atoms with Crippen LogP contribution in [0.1, 0.15) is 5.56 Å². The second kappa shape index (κ2) is 3.68. The number of rotatable bonds is 2. The maximum absolute atomic E-state index is 9.97. The van der Waals surface area contributed by atoms with Crippen molar-refractivity contribution in [2.24, 2.45) is 0 Å². The van der Waals surface area contributed by atoms with E-state index in [1.807, 2.05) is 0 Å². The molecule has 0 saturated heterocycles. The van der Waals surface area contributed by atoms with Gasteiger partial charge in [-0.2, -0.15) is 0 Å². The predicted octanol–water partition coefficient (Wildman–Crippen LogP) is 2.64. The third-order valence-corrected chi connectivity index (χ3v) is 2.81. The summed E-state index contributed by atoms with van der Waals surface area (Å²) in [6, 6.07) is 1.60. The Labute approximate surface area is 80.4 Å². The summed E-state index contributed by atoms with van der Waals surface area (Å²) in [4.78, 5) is 9.28. The van der Waals surface area contributed by atoms with Crippen molar-refractivity contribution in [2.45, 2.75) is 0 Å². The fourth-order valence-corrected chi connectivity index (χ4v) is 1.93. The van der Waals surface area contributed by atoms with Crippen LogP contribution in [0.5, 0.6) is 0 Å². The lowest BCUT2D eigenvalue weighted by Crippen LogP contribution is -1.88. The summed E-state index contributed by atoms with van der Waals surface area (Å²) in [7, 11) is 0. The summed E-state index contributed by atoms with van der Waals surface area (Å²) in [5.41, 5.74) is 0.441. The average Bonchev–Trinajstić information content (AvgIpc) is 2.33. The molecule has 1 rings (SSSR count). The van der Waals surface area contributed by atoms with E-state index < -0.39 is 4.92 Å². The molecule has 0 aliphatic rings. The zero-order chi connectivity index (χ0) is 9.14. The highest BCUT2D eigenvalue weighted by molar-refractivity contribution is 9.11. The van der Waals surface area contributed by atoms with E-state index in [0.29, 0.717) is 15.5 Å². The number of halogens is 1. The summed E-state index contributed by atoms with van der Waals surface area (Å²) in [5, 5.41) is 20.9. The molecule has 0 radical (unpaired) electrons. The van der Waals surface area contributed by atoms with Crippen molar-refractivity contribution in [3.63, 3.8) is 0 Å². The molecule has 0 aromatic carbocycles. The Balaban J connectivity index is 2.99. The van der Waals surface area contributed by atoms with Crippen LogP contribution in [0.4, 0.5) is 0 Å². The number of hydrogen-bond donors (Lipinski definition) is 1. The minimum Gasteiger partial charge on any atom is -0.502 e. The molecule has 0 unspecified atom stereocenters. The molecule has 4 nitrogen and oxygen atoms in total. The normalized spacial score (nSPS) is 11.6. The van der Waals surface area contributed by atoms with E-state index in [2.05, 4.69) is 15.9 Å². The molecule has 0 spiro atoms. The second-order valence-corrected chi connectivity index (χ2v) is 4.14. The van der Waals surface area contributed by atoms with Crippen molar-refractivity contribution in [3.8, 4) is 0 Å². The lowest BCUT2D eigenvalue weighted by Gasteiger charge is -1.92. The maximum Gasteiger partial charge on any atom is 0.276 e. The number of aliphatic hydroxyl groups excluding tert-OH is 1. The molecular formula is C6H4BrNO3S. The molecule has 1 aromatic heterocycles. The smallest absolute Gasteiger partial charge is 0.276 e.